The zero-order chi connectivity index (χ0) is 34.6. The quantitative estimate of drug-likeness (QED) is 0.0678. The molecule has 2 nitrogen and oxygen atoms in total. The van der Waals surface area contributed by atoms with Crippen LogP contribution in [0.5, 0.6) is 0 Å². The molecule has 7 atom stereocenters. The average molecular weight is 649 g/mol. The Morgan fingerprint density at radius 2 is 0.630 bits per heavy atom. The molecule has 2 N–H and O–H groups in total. The van der Waals surface area contributed by atoms with Crippen LogP contribution in [0.25, 0.3) is 0 Å². The summed E-state index contributed by atoms with van der Waals surface area (Å²) in [6.07, 6.45) is 29.5. The summed E-state index contributed by atoms with van der Waals surface area (Å²) in [6.45, 7) is 30.1. The van der Waals surface area contributed by atoms with Gasteiger partial charge in [-0.15, -0.1) is 0 Å². The van der Waals surface area contributed by atoms with E-state index >= 15 is 0 Å². The molecule has 0 aromatic heterocycles. The van der Waals surface area contributed by atoms with Gasteiger partial charge in [0.15, 0.2) is 0 Å². The topological polar surface area (TPSA) is 24.1 Å². The van der Waals surface area contributed by atoms with Crippen molar-refractivity contribution in [1.82, 2.24) is 10.6 Å². The molecule has 0 aromatic rings. The van der Waals surface area contributed by atoms with Crippen LogP contribution in [0.15, 0.2) is 0 Å². The number of nitrogens with one attached hydrogen (secondary N) is 2. The first-order valence-corrected chi connectivity index (χ1v) is 21.4. The molecule has 0 aliphatic rings. The molecule has 0 aromatic carbocycles. The van der Waals surface area contributed by atoms with Gasteiger partial charge in [0, 0.05) is 12.6 Å². The molecule has 0 bridgehead atoms. The van der Waals surface area contributed by atoms with Crippen molar-refractivity contribution in [2.24, 2.45) is 47.3 Å². The first-order chi connectivity index (χ1) is 21.9. The van der Waals surface area contributed by atoms with Crippen LogP contribution in [-0.4, -0.2) is 25.7 Å². The van der Waals surface area contributed by atoms with Crippen LogP contribution in [0.2, 0.25) is 0 Å². The summed E-state index contributed by atoms with van der Waals surface area (Å²) < 4.78 is 0. The molecule has 46 heavy (non-hydrogen) atoms. The van der Waals surface area contributed by atoms with E-state index in [1.165, 1.54) is 148 Å². The van der Waals surface area contributed by atoms with Gasteiger partial charge >= 0.3 is 0 Å². The minimum absolute atomic E-state index is 0.620. The molecule has 0 aliphatic carbocycles. The molecule has 0 amide bonds. The number of rotatable bonds is 34. The lowest BCUT2D eigenvalue weighted by Crippen LogP contribution is -2.39. The summed E-state index contributed by atoms with van der Waals surface area (Å²) >= 11 is 0. The summed E-state index contributed by atoms with van der Waals surface area (Å²) in [4.78, 5) is 0. The lowest BCUT2D eigenvalue weighted by molar-refractivity contribution is 0.364. The third kappa shape index (κ3) is 31.2. The molecule has 0 spiro atoms. The van der Waals surface area contributed by atoms with Gasteiger partial charge in [0.25, 0.3) is 0 Å². The smallest absolute Gasteiger partial charge is 0.0189 e. The van der Waals surface area contributed by atoms with Gasteiger partial charge in [0.05, 0.1) is 0 Å². The van der Waals surface area contributed by atoms with Crippen molar-refractivity contribution in [1.29, 1.82) is 0 Å². The summed E-state index contributed by atoms with van der Waals surface area (Å²) in [5.41, 5.74) is 0. The molecule has 0 fully saturated rings. The van der Waals surface area contributed by atoms with Crippen LogP contribution >= 0.6 is 0 Å². The van der Waals surface area contributed by atoms with Crippen molar-refractivity contribution in [3.63, 3.8) is 0 Å². The van der Waals surface area contributed by atoms with Crippen LogP contribution in [0.1, 0.15) is 211 Å². The first kappa shape index (κ1) is 45.9. The maximum Gasteiger partial charge on any atom is 0.0189 e. The Bertz CT molecular complexity index is 615. The normalized spacial score (nSPS) is 16.9. The van der Waals surface area contributed by atoms with E-state index in [0.717, 1.165) is 53.9 Å². The SMILES string of the molecule is CCC(CNCCC(C)CCCC(C)CCCC(C)CCCC(C)C)NCCC(C)CCCC(C)CCCC(C)CCCC(C)C. The Hall–Kier alpha value is -0.0800. The number of hydrogen-bond acceptors (Lipinski definition) is 2. The van der Waals surface area contributed by atoms with Crippen molar-refractivity contribution in [2.75, 3.05) is 19.6 Å². The summed E-state index contributed by atoms with van der Waals surface area (Å²) in [5, 5.41) is 7.65. The van der Waals surface area contributed by atoms with E-state index in [-0.39, 0.29) is 0 Å². The highest BCUT2D eigenvalue weighted by Crippen LogP contribution is 2.24. The van der Waals surface area contributed by atoms with Gasteiger partial charge in [0.1, 0.15) is 0 Å². The van der Waals surface area contributed by atoms with Gasteiger partial charge in [-0.05, 0) is 79.7 Å². The van der Waals surface area contributed by atoms with Gasteiger partial charge in [-0.3, -0.25) is 0 Å². The van der Waals surface area contributed by atoms with E-state index in [1.54, 1.807) is 0 Å². The Balaban J connectivity index is 3.77. The zero-order valence-corrected chi connectivity index (χ0v) is 34.2. The monoisotopic (exact) mass is 649 g/mol. The Labute approximate surface area is 294 Å². The molecule has 0 aliphatic heterocycles. The Kier molecular flexibility index (Phi) is 30.9. The molecule has 0 rings (SSSR count). The molecule has 0 heterocycles. The fourth-order valence-electron chi connectivity index (χ4n) is 7.39. The van der Waals surface area contributed by atoms with Gasteiger partial charge in [0.2, 0.25) is 0 Å². The van der Waals surface area contributed by atoms with Gasteiger partial charge in [-0.1, -0.05) is 192 Å². The van der Waals surface area contributed by atoms with E-state index in [2.05, 4.69) is 86.8 Å². The van der Waals surface area contributed by atoms with Crippen LogP contribution in [0.4, 0.5) is 0 Å². The van der Waals surface area contributed by atoms with Gasteiger partial charge < -0.3 is 10.6 Å². The van der Waals surface area contributed by atoms with E-state index < -0.39 is 0 Å². The third-order valence-electron chi connectivity index (χ3n) is 11.3. The molecule has 0 saturated heterocycles. The second kappa shape index (κ2) is 30.9. The van der Waals surface area contributed by atoms with Crippen molar-refractivity contribution < 1.29 is 0 Å². The second-order valence-electron chi connectivity index (χ2n) is 17.8. The van der Waals surface area contributed by atoms with Crippen molar-refractivity contribution >= 4 is 0 Å². The van der Waals surface area contributed by atoms with Crippen molar-refractivity contribution in [3.8, 4) is 0 Å². The van der Waals surface area contributed by atoms with Crippen LogP contribution in [-0.2, 0) is 0 Å². The predicted molar refractivity (Wildman–Crippen MR) is 212 cm³/mol. The molecule has 278 valence electrons. The molecular formula is C44H92N2. The zero-order valence-electron chi connectivity index (χ0n) is 34.2. The predicted octanol–water partition coefficient (Wildman–Crippen LogP) is 13.9. The molecule has 7 unspecified atom stereocenters. The molecule has 0 saturated carbocycles. The van der Waals surface area contributed by atoms with Crippen molar-refractivity contribution in [2.45, 2.75) is 217 Å². The summed E-state index contributed by atoms with van der Waals surface area (Å²) in [6, 6.07) is 0.620. The van der Waals surface area contributed by atoms with E-state index in [1.807, 2.05) is 0 Å². The Morgan fingerprint density at radius 1 is 0.348 bits per heavy atom. The van der Waals surface area contributed by atoms with E-state index in [9.17, 15) is 0 Å². The highest BCUT2D eigenvalue weighted by Gasteiger charge is 2.11. The lowest BCUT2D eigenvalue weighted by atomic mass is 9.90. The minimum atomic E-state index is 0.620. The third-order valence-corrected chi connectivity index (χ3v) is 11.3. The lowest BCUT2D eigenvalue weighted by Gasteiger charge is -2.20. The highest BCUT2D eigenvalue weighted by molar-refractivity contribution is 4.70. The molecule has 2 heteroatoms. The summed E-state index contributed by atoms with van der Waals surface area (Å²) in [7, 11) is 0. The standard InChI is InChI=1S/C44H92N2/c1-12-44(46-34-32-43(11)30-18-28-41(9)26-16-24-39(7)22-14-20-37(4)5)35-45-33-31-42(10)29-17-27-40(8)25-15-23-38(6)21-13-19-36(2)3/h36-46H,12-35H2,1-11H3. The van der Waals surface area contributed by atoms with Gasteiger partial charge in [-0.2, -0.15) is 0 Å². The van der Waals surface area contributed by atoms with Crippen LogP contribution < -0.4 is 10.6 Å². The maximum absolute atomic E-state index is 3.87. The summed E-state index contributed by atoms with van der Waals surface area (Å²) in [5.74, 6) is 7.08. The fraction of sp³-hybridized carbons (Fsp3) is 1.00. The number of hydrogen-bond donors (Lipinski definition) is 2. The fourth-order valence-corrected chi connectivity index (χ4v) is 7.39. The maximum atomic E-state index is 3.87. The Morgan fingerprint density at radius 3 is 0.935 bits per heavy atom. The largest absolute Gasteiger partial charge is 0.315 e. The molecule has 0 radical (unpaired) electrons. The highest BCUT2D eigenvalue weighted by atomic mass is 15.0. The molecular weight excluding hydrogens is 556 g/mol. The van der Waals surface area contributed by atoms with Crippen LogP contribution in [0.3, 0.4) is 0 Å². The second-order valence-corrected chi connectivity index (χ2v) is 17.8. The van der Waals surface area contributed by atoms with E-state index in [4.69, 9.17) is 0 Å². The van der Waals surface area contributed by atoms with Crippen molar-refractivity contribution in [3.05, 3.63) is 0 Å². The van der Waals surface area contributed by atoms with E-state index in [0.29, 0.717) is 6.04 Å². The minimum Gasteiger partial charge on any atom is -0.315 e. The van der Waals surface area contributed by atoms with Gasteiger partial charge in [-0.25, -0.2) is 0 Å². The average Bonchev–Trinajstić information content (AvgIpc) is 2.98. The van der Waals surface area contributed by atoms with Crippen LogP contribution in [0, 0.1) is 47.3 Å². The first-order valence-electron chi connectivity index (χ1n) is 21.4.